The lowest BCUT2D eigenvalue weighted by Gasteiger charge is -1.99. The van der Waals surface area contributed by atoms with Crippen LogP contribution in [0.1, 0.15) is 5.01 Å². The van der Waals surface area contributed by atoms with Gasteiger partial charge < -0.3 is 4.74 Å². The Morgan fingerprint density at radius 3 is 2.77 bits per heavy atom. The Bertz CT molecular complexity index is 754. The van der Waals surface area contributed by atoms with Crippen LogP contribution in [0.5, 0.6) is 5.88 Å². The number of benzene rings is 1. The molecule has 0 atom stereocenters. The van der Waals surface area contributed by atoms with E-state index in [0.29, 0.717) is 12.5 Å². The number of thiazole rings is 1. The highest BCUT2D eigenvalue weighted by Crippen LogP contribution is 2.22. The second-order valence-corrected chi connectivity index (χ2v) is 5.35. The van der Waals surface area contributed by atoms with Gasteiger partial charge in [-0.15, -0.1) is 11.3 Å². The molecule has 2 heterocycles. The van der Waals surface area contributed by atoms with Crippen LogP contribution in [0, 0.1) is 5.82 Å². The van der Waals surface area contributed by atoms with Crippen molar-refractivity contribution in [1.29, 1.82) is 0 Å². The third-order valence-electron chi connectivity index (χ3n) is 2.89. The van der Waals surface area contributed by atoms with Gasteiger partial charge in [-0.1, -0.05) is 6.07 Å². The van der Waals surface area contributed by atoms with Crippen LogP contribution < -0.4 is 4.74 Å². The van der Waals surface area contributed by atoms with Crippen LogP contribution in [0.25, 0.3) is 17.3 Å². The SMILES string of the molecule is Fc1ccc(-c2csc(/C=C/COc3ccccn3)n2)cc1. The van der Waals surface area contributed by atoms with E-state index in [1.807, 2.05) is 35.7 Å². The maximum Gasteiger partial charge on any atom is 0.213 e. The summed E-state index contributed by atoms with van der Waals surface area (Å²) < 4.78 is 18.4. The highest BCUT2D eigenvalue weighted by Gasteiger charge is 2.02. The van der Waals surface area contributed by atoms with Gasteiger partial charge in [-0.2, -0.15) is 0 Å². The fourth-order valence-corrected chi connectivity index (χ4v) is 2.58. The fraction of sp³-hybridized carbons (Fsp3) is 0.0588. The van der Waals surface area contributed by atoms with Gasteiger partial charge >= 0.3 is 0 Å². The Balaban J connectivity index is 1.59. The van der Waals surface area contributed by atoms with E-state index in [0.717, 1.165) is 16.3 Å². The molecule has 3 rings (SSSR count). The summed E-state index contributed by atoms with van der Waals surface area (Å²) in [6.45, 7) is 0.433. The lowest BCUT2D eigenvalue weighted by molar-refractivity contribution is 0.349. The average molecular weight is 312 g/mol. The van der Waals surface area contributed by atoms with E-state index in [1.165, 1.54) is 23.5 Å². The minimum Gasteiger partial charge on any atom is -0.473 e. The standard InChI is InChI=1S/C17H13FN2OS/c18-14-8-6-13(7-9-14)15-12-22-17(20-15)5-3-11-21-16-4-1-2-10-19-16/h1-10,12H,11H2/b5-3+. The third kappa shape index (κ3) is 3.77. The first kappa shape index (κ1) is 14.4. The predicted molar refractivity (Wildman–Crippen MR) is 86.3 cm³/mol. The zero-order chi connectivity index (χ0) is 15.2. The molecule has 0 aliphatic rings. The number of ether oxygens (including phenoxy) is 1. The molecule has 0 aliphatic heterocycles. The van der Waals surface area contributed by atoms with Crippen molar-refractivity contribution in [1.82, 2.24) is 9.97 Å². The molecule has 22 heavy (non-hydrogen) atoms. The van der Waals surface area contributed by atoms with Gasteiger partial charge in [0.15, 0.2) is 0 Å². The summed E-state index contributed by atoms with van der Waals surface area (Å²) in [5, 5.41) is 2.83. The second-order valence-electron chi connectivity index (χ2n) is 4.46. The Kier molecular flexibility index (Phi) is 4.56. The van der Waals surface area contributed by atoms with E-state index >= 15 is 0 Å². The van der Waals surface area contributed by atoms with Crippen LogP contribution in [0.4, 0.5) is 4.39 Å². The summed E-state index contributed by atoms with van der Waals surface area (Å²) in [6, 6.07) is 11.8. The molecule has 0 bridgehead atoms. The molecule has 3 nitrogen and oxygen atoms in total. The van der Waals surface area contributed by atoms with Gasteiger partial charge in [0.05, 0.1) is 5.69 Å². The Labute approximate surface area is 131 Å². The molecular formula is C17H13FN2OS. The molecule has 0 N–H and O–H groups in total. The zero-order valence-corrected chi connectivity index (χ0v) is 12.5. The molecule has 0 saturated carbocycles. The first-order chi connectivity index (χ1) is 10.8. The van der Waals surface area contributed by atoms with Gasteiger partial charge in [-0.3, -0.25) is 0 Å². The van der Waals surface area contributed by atoms with Gasteiger partial charge in [-0.05, 0) is 42.5 Å². The third-order valence-corrected chi connectivity index (χ3v) is 3.70. The van der Waals surface area contributed by atoms with E-state index in [2.05, 4.69) is 9.97 Å². The van der Waals surface area contributed by atoms with Crippen molar-refractivity contribution < 1.29 is 9.13 Å². The van der Waals surface area contributed by atoms with Crippen LogP contribution in [0.15, 0.2) is 60.1 Å². The van der Waals surface area contributed by atoms with Gasteiger partial charge in [-0.25, -0.2) is 14.4 Å². The van der Waals surface area contributed by atoms with Gasteiger partial charge in [0.2, 0.25) is 5.88 Å². The topological polar surface area (TPSA) is 35.0 Å². The highest BCUT2D eigenvalue weighted by atomic mass is 32.1. The van der Waals surface area contributed by atoms with Gasteiger partial charge in [0.25, 0.3) is 0 Å². The number of hydrogen-bond acceptors (Lipinski definition) is 4. The number of aromatic nitrogens is 2. The van der Waals surface area contributed by atoms with Crippen LogP contribution in [-0.4, -0.2) is 16.6 Å². The maximum absolute atomic E-state index is 12.9. The van der Waals surface area contributed by atoms with Crippen molar-refractivity contribution in [3.63, 3.8) is 0 Å². The van der Waals surface area contributed by atoms with Gasteiger partial charge in [0.1, 0.15) is 17.4 Å². The quantitative estimate of drug-likeness (QED) is 0.699. The molecular weight excluding hydrogens is 299 g/mol. The smallest absolute Gasteiger partial charge is 0.213 e. The minimum atomic E-state index is -0.245. The zero-order valence-electron chi connectivity index (χ0n) is 11.6. The highest BCUT2D eigenvalue weighted by molar-refractivity contribution is 7.10. The molecule has 0 spiro atoms. The van der Waals surface area contributed by atoms with Crippen molar-refractivity contribution in [3.05, 3.63) is 70.9 Å². The van der Waals surface area contributed by atoms with E-state index in [4.69, 9.17) is 4.74 Å². The van der Waals surface area contributed by atoms with Crippen molar-refractivity contribution in [2.75, 3.05) is 6.61 Å². The normalized spacial score (nSPS) is 11.0. The molecule has 5 heteroatoms. The molecule has 1 aromatic carbocycles. The summed E-state index contributed by atoms with van der Waals surface area (Å²) in [4.78, 5) is 8.57. The fourth-order valence-electron chi connectivity index (χ4n) is 1.83. The van der Waals surface area contributed by atoms with E-state index < -0.39 is 0 Å². The number of hydrogen-bond donors (Lipinski definition) is 0. The first-order valence-electron chi connectivity index (χ1n) is 6.73. The Morgan fingerprint density at radius 1 is 1.14 bits per heavy atom. The summed E-state index contributed by atoms with van der Waals surface area (Å²) in [7, 11) is 0. The Morgan fingerprint density at radius 2 is 2.00 bits per heavy atom. The lowest BCUT2D eigenvalue weighted by atomic mass is 10.2. The molecule has 0 saturated heterocycles. The number of nitrogens with zero attached hydrogens (tertiary/aromatic N) is 2. The molecule has 0 radical (unpaired) electrons. The minimum absolute atomic E-state index is 0.245. The van der Waals surface area contributed by atoms with E-state index in [-0.39, 0.29) is 5.82 Å². The summed E-state index contributed by atoms with van der Waals surface area (Å²) in [6.07, 6.45) is 5.48. The molecule has 2 aromatic heterocycles. The van der Waals surface area contributed by atoms with Crippen molar-refractivity contribution in [3.8, 4) is 17.1 Å². The summed E-state index contributed by atoms with van der Waals surface area (Å²) in [5.74, 6) is 0.351. The molecule has 0 fully saturated rings. The van der Waals surface area contributed by atoms with E-state index in [9.17, 15) is 4.39 Å². The first-order valence-corrected chi connectivity index (χ1v) is 7.61. The average Bonchev–Trinajstić information content (AvgIpc) is 3.02. The number of halogens is 1. The van der Waals surface area contributed by atoms with Crippen LogP contribution in [0.2, 0.25) is 0 Å². The summed E-state index contributed by atoms with van der Waals surface area (Å²) in [5.41, 5.74) is 1.75. The predicted octanol–water partition coefficient (Wildman–Crippen LogP) is 4.44. The van der Waals surface area contributed by atoms with Crippen molar-refractivity contribution in [2.24, 2.45) is 0 Å². The second kappa shape index (κ2) is 6.95. The van der Waals surface area contributed by atoms with E-state index in [1.54, 1.807) is 18.3 Å². The molecule has 0 aliphatic carbocycles. The largest absolute Gasteiger partial charge is 0.473 e. The van der Waals surface area contributed by atoms with Crippen LogP contribution in [-0.2, 0) is 0 Å². The van der Waals surface area contributed by atoms with Crippen LogP contribution in [0.3, 0.4) is 0 Å². The van der Waals surface area contributed by atoms with Crippen LogP contribution >= 0.6 is 11.3 Å². The van der Waals surface area contributed by atoms with Gasteiger partial charge in [0, 0.05) is 23.2 Å². The monoisotopic (exact) mass is 312 g/mol. The number of rotatable bonds is 5. The molecule has 0 amide bonds. The van der Waals surface area contributed by atoms with Crippen molar-refractivity contribution >= 4 is 17.4 Å². The van der Waals surface area contributed by atoms with Crippen molar-refractivity contribution in [2.45, 2.75) is 0 Å². The Hall–Kier alpha value is -2.53. The molecule has 0 unspecified atom stereocenters. The maximum atomic E-state index is 12.9. The molecule has 110 valence electrons. The lowest BCUT2D eigenvalue weighted by Crippen LogP contribution is -1.94. The number of pyridine rings is 1. The molecule has 3 aromatic rings. The summed E-state index contributed by atoms with van der Waals surface area (Å²) >= 11 is 1.53.